The number of carbonyl (C=O) groups excluding carboxylic acids is 1. The second-order valence-corrected chi connectivity index (χ2v) is 7.42. The van der Waals surface area contributed by atoms with Gasteiger partial charge >= 0.3 is 5.91 Å². The molecule has 0 saturated heterocycles. The molecule has 3 aromatic rings. The minimum Gasteiger partial charge on any atom is -0.493 e. The van der Waals surface area contributed by atoms with Gasteiger partial charge < -0.3 is 13.9 Å². The molecule has 9 heteroatoms. The Labute approximate surface area is 188 Å². The number of nitrogens with one attached hydrogen (secondary N) is 1. The summed E-state index contributed by atoms with van der Waals surface area (Å²) in [5.41, 5.74) is 3.74. The first-order valence-electron chi connectivity index (χ1n) is 8.71. The van der Waals surface area contributed by atoms with Gasteiger partial charge in [-0.25, -0.2) is 5.43 Å². The van der Waals surface area contributed by atoms with Crippen LogP contribution in [0.1, 0.15) is 27.4 Å². The summed E-state index contributed by atoms with van der Waals surface area (Å²) in [5.74, 6) is 1.11. The van der Waals surface area contributed by atoms with Crippen LogP contribution in [0, 0.1) is 6.92 Å². The summed E-state index contributed by atoms with van der Waals surface area (Å²) >= 11 is 18.4. The van der Waals surface area contributed by atoms with E-state index in [0.29, 0.717) is 37.9 Å². The largest absolute Gasteiger partial charge is 0.493 e. The molecule has 0 fully saturated rings. The van der Waals surface area contributed by atoms with E-state index in [1.165, 1.54) is 13.3 Å². The number of ether oxygens (including phenoxy) is 2. The minimum absolute atomic E-state index is 0.171. The van der Waals surface area contributed by atoms with Gasteiger partial charge in [0.05, 0.1) is 18.3 Å². The molecule has 2 aromatic carbocycles. The average molecular weight is 468 g/mol. The monoisotopic (exact) mass is 466 g/mol. The highest BCUT2D eigenvalue weighted by Gasteiger charge is 2.13. The maximum Gasteiger partial charge on any atom is 0.307 e. The van der Waals surface area contributed by atoms with Crippen molar-refractivity contribution in [3.05, 3.63) is 80.2 Å². The number of hydrazone groups is 1. The molecule has 0 spiro atoms. The Hall–Kier alpha value is -2.67. The molecule has 156 valence electrons. The quantitative estimate of drug-likeness (QED) is 0.347. The van der Waals surface area contributed by atoms with Gasteiger partial charge in [-0.3, -0.25) is 4.79 Å². The van der Waals surface area contributed by atoms with Gasteiger partial charge in [-0.2, -0.15) is 5.10 Å². The fourth-order valence-electron chi connectivity index (χ4n) is 2.52. The molecule has 0 radical (unpaired) electrons. The summed E-state index contributed by atoms with van der Waals surface area (Å²) in [7, 11) is 1.50. The Morgan fingerprint density at radius 2 is 1.93 bits per heavy atom. The Morgan fingerprint density at radius 3 is 2.60 bits per heavy atom. The van der Waals surface area contributed by atoms with E-state index in [1.54, 1.807) is 49.4 Å². The molecule has 0 saturated carbocycles. The molecule has 0 aliphatic heterocycles. The summed E-state index contributed by atoms with van der Waals surface area (Å²) < 4.78 is 16.4. The second kappa shape index (κ2) is 9.89. The number of amides is 1. The Bertz CT molecular complexity index is 1100. The van der Waals surface area contributed by atoms with Crippen LogP contribution in [-0.2, 0) is 6.61 Å². The summed E-state index contributed by atoms with van der Waals surface area (Å²) in [4.78, 5) is 12.0. The van der Waals surface area contributed by atoms with Crippen molar-refractivity contribution >= 4 is 46.9 Å². The number of hydrogen-bond donors (Lipinski definition) is 1. The standard InChI is InChI=1S/C21H17Cl3N2O4/c1-12-3-6-18(30-12)21(27)26-25-10-13-7-17(24)20(19(8-13)28-2)29-11-14-4-5-15(22)9-16(14)23/h3-10H,11H2,1-2H3,(H,26,27)/b25-10-. The smallest absolute Gasteiger partial charge is 0.307 e. The molecule has 0 aliphatic rings. The van der Waals surface area contributed by atoms with Crippen molar-refractivity contribution in [2.24, 2.45) is 5.10 Å². The van der Waals surface area contributed by atoms with Crippen LogP contribution in [0.4, 0.5) is 0 Å². The van der Waals surface area contributed by atoms with Gasteiger partial charge in [-0.15, -0.1) is 0 Å². The number of benzene rings is 2. The van der Waals surface area contributed by atoms with E-state index in [-0.39, 0.29) is 12.4 Å². The molecule has 0 atom stereocenters. The topological polar surface area (TPSA) is 73.1 Å². The number of methoxy groups -OCH3 is 1. The van der Waals surface area contributed by atoms with Gasteiger partial charge in [0.25, 0.3) is 0 Å². The van der Waals surface area contributed by atoms with E-state index in [9.17, 15) is 4.79 Å². The lowest BCUT2D eigenvalue weighted by atomic mass is 10.2. The molecule has 1 amide bonds. The first-order valence-corrected chi connectivity index (χ1v) is 9.85. The zero-order valence-corrected chi connectivity index (χ0v) is 18.3. The number of nitrogens with zero attached hydrogens (tertiary/aromatic N) is 1. The van der Waals surface area contributed by atoms with Crippen molar-refractivity contribution in [2.45, 2.75) is 13.5 Å². The molecule has 1 heterocycles. The fraction of sp³-hybridized carbons (Fsp3) is 0.143. The minimum atomic E-state index is -0.461. The van der Waals surface area contributed by atoms with E-state index < -0.39 is 5.91 Å². The number of aryl methyl sites for hydroxylation is 1. The zero-order valence-electron chi connectivity index (χ0n) is 16.0. The third kappa shape index (κ3) is 5.48. The van der Waals surface area contributed by atoms with Gasteiger partial charge in [0, 0.05) is 15.6 Å². The van der Waals surface area contributed by atoms with Crippen molar-refractivity contribution < 1.29 is 18.7 Å². The van der Waals surface area contributed by atoms with Crippen LogP contribution >= 0.6 is 34.8 Å². The summed E-state index contributed by atoms with van der Waals surface area (Å²) in [6.07, 6.45) is 1.43. The van der Waals surface area contributed by atoms with Gasteiger partial charge in [-0.05, 0) is 48.9 Å². The number of hydrogen-bond acceptors (Lipinski definition) is 5. The maximum atomic E-state index is 12.0. The van der Waals surface area contributed by atoms with E-state index in [4.69, 9.17) is 48.7 Å². The SMILES string of the molecule is COc1cc(/C=N\NC(=O)c2ccc(C)o2)cc(Cl)c1OCc1ccc(Cl)cc1Cl. The van der Waals surface area contributed by atoms with Crippen LogP contribution in [0.25, 0.3) is 0 Å². The number of carbonyl (C=O) groups is 1. The third-order valence-corrected chi connectivity index (χ3v) is 4.85. The summed E-state index contributed by atoms with van der Waals surface area (Å²) in [5, 5.41) is 5.26. The van der Waals surface area contributed by atoms with Crippen LogP contribution in [0.3, 0.4) is 0 Å². The molecule has 1 N–H and O–H groups in total. The van der Waals surface area contributed by atoms with Gasteiger partial charge in [-0.1, -0.05) is 40.9 Å². The maximum absolute atomic E-state index is 12.0. The fourth-order valence-corrected chi connectivity index (χ4v) is 3.26. The van der Waals surface area contributed by atoms with Crippen LogP contribution < -0.4 is 14.9 Å². The molecule has 1 aromatic heterocycles. The van der Waals surface area contributed by atoms with Crippen LogP contribution in [0.5, 0.6) is 11.5 Å². The number of furan rings is 1. The average Bonchev–Trinajstić information content (AvgIpc) is 3.14. The lowest BCUT2D eigenvalue weighted by Gasteiger charge is -2.14. The summed E-state index contributed by atoms with van der Waals surface area (Å²) in [6, 6.07) is 11.7. The third-order valence-electron chi connectivity index (χ3n) is 3.98. The highest BCUT2D eigenvalue weighted by Crippen LogP contribution is 2.37. The predicted octanol–water partition coefficient (Wildman–Crippen LogP) is 5.90. The first-order chi connectivity index (χ1) is 14.4. The van der Waals surface area contributed by atoms with Gasteiger partial charge in [0.2, 0.25) is 0 Å². The Morgan fingerprint density at radius 1 is 1.13 bits per heavy atom. The van der Waals surface area contributed by atoms with E-state index in [0.717, 1.165) is 5.56 Å². The van der Waals surface area contributed by atoms with E-state index in [1.807, 2.05) is 0 Å². The van der Waals surface area contributed by atoms with Crippen LogP contribution in [0.2, 0.25) is 15.1 Å². The molecule has 0 aliphatic carbocycles. The van der Waals surface area contributed by atoms with Crippen molar-refractivity contribution in [2.75, 3.05) is 7.11 Å². The van der Waals surface area contributed by atoms with Crippen LogP contribution in [-0.4, -0.2) is 19.2 Å². The molecule has 30 heavy (non-hydrogen) atoms. The lowest BCUT2D eigenvalue weighted by Crippen LogP contribution is -2.16. The van der Waals surface area contributed by atoms with Crippen molar-refractivity contribution in [1.82, 2.24) is 5.43 Å². The molecule has 3 rings (SSSR count). The van der Waals surface area contributed by atoms with Gasteiger partial charge in [0.1, 0.15) is 12.4 Å². The van der Waals surface area contributed by atoms with Crippen molar-refractivity contribution in [3.63, 3.8) is 0 Å². The molecule has 0 unspecified atom stereocenters. The first kappa shape index (κ1) is 22.0. The van der Waals surface area contributed by atoms with Crippen molar-refractivity contribution in [1.29, 1.82) is 0 Å². The van der Waals surface area contributed by atoms with Crippen molar-refractivity contribution in [3.8, 4) is 11.5 Å². The van der Waals surface area contributed by atoms with E-state index in [2.05, 4.69) is 10.5 Å². The molecular weight excluding hydrogens is 451 g/mol. The Balaban J connectivity index is 1.70. The normalized spacial score (nSPS) is 11.0. The number of halogens is 3. The van der Waals surface area contributed by atoms with Crippen LogP contribution in [0.15, 0.2) is 52.0 Å². The highest BCUT2D eigenvalue weighted by molar-refractivity contribution is 6.35. The molecule has 6 nitrogen and oxygen atoms in total. The number of rotatable bonds is 7. The van der Waals surface area contributed by atoms with E-state index >= 15 is 0 Å². The predicted molar refractivity (Wildman–Crippen MR) is 117 cm³/mol. The molecule has 0 bridgehead atoms. The summed E-state index contributed by atoms with van der Waals surface area (Å²) in [6.45, 7) is 1.93. The highest BCUT2D eigenvalue weighted by atomic mass is 35.5. The second-order valence-electron chi connectivity index (χ2n) is 6.17. The lowest BCUT2D eigenvalue weighted by molar-refractivity contribution is 0.0926. The molecular formula is C21H17Cl3N2O4. The zero-order chi connectivity index (χ0) is 21.7. The Kier molecular flexibility index (Phi) is 7.26. The van der Waals surface area contributed by atoms with Gasteiger partial charge in [0.15, 0.2) is 17.3 Å².